The molecule has 1 aliphatic carbocycles. The number of benzene rings is 1. The topological polar surface area (TPSA) is 146 Å². The maximum absolute atomic E-state index is 12.0. The molecule has 1 aliphatic rings. The van der Waals surface area contributed by atoms with E-state index in [1.807, 2.05) is 38.8 Å². The molecule has 0 saturated carbocycles. The fourth-order valence-corrected chi connectivity index (χ4v) is 2.27. The second-order valence-corrected chi connectivity index (χ2v) is 5.31. The minimum Gasteiger partial charge on any atom is -0.369 e. The Labute approximate surface area is 140 Å². The maximum atomic E-state index is 12.0. The van der Waals surface area contributed by atoms with Gasteiger partial charge in [0.2, 0.25) is 11.8 Å². The van der Waals surface area contributed by atoms with Crippen LogP contribution in [0.1, 0.15) is 28.4 Å². The van der Waals surface area contributed by atoms with Crippen molar-refractivity contribution in [3.05, 3.63) is 46.5 Å². The summed E-state index contributed by atoms with van der Waals surface area (Å²) < 4.78 is 0. The Hall–Kier alpha value is -2.80. The predicted octanol–water partition coefficient (Wildman–Crippen LogP) is 0.0271. The highest BCUT2D eigenvalue weighted by molar-refractivity contribution is 6.09. The van der Waals surface area contributed by atoms with Gasteiger partial charge in [0, 0.05) is 11.1 Å². The molecular weight excluding hydrogens is 310 g/mol. The Kier molecular flexibility index (Phi) is 8.89. The van der Waals surface area contributed by atoms with E-state index >= 15 is 0 Å². The van der Waals surface area contributed by atoms with Gasteiger partial charge in [-0.25, -0.2) is 0 Å². The van der Waals surface area contributed by atoms with E-state index in [2.05, 4.69) is 5.73 Å². The zero-order valence-corrected chi connectivity index (χ0v) is 13.9. The van der Waals surface area contributed by atoms with Crippen molar-refractivity contribution in [3.63, 3.8) is 0 Å². The summed E-state index contributed by atoms with van der Waals surface area (Å²) in [5.41, 5.74) is 17.7. The van der Waals surface area contributed by atoms with Crippen LogP contribution in [0, 0.1) is 12.8 Å². The summed E-state index contributed by atoms with van der Waals surface area (Å²) in [5, 5.41) is 0. The summed E-state index contributed by atoms with van der Waals surface area (Å²) in [5.74, 6) is -1.14. The Bertz CT molecular complexity index is 653. The van der Waals surface area contributed by atoms with Gasteiger partial charge in [0.05, 0.1) is 6.54 Å². The highest BCUT2D eigenvalue weighted by atomic mass is 16.1. The lowest BCUT2D eigenvalue weighted by molar-refractivity contribution is -0.117. The minimum absolute atomic E-state index is 0.0219. The standard InChI is InChI=1S/C14H15NO2.C2H6N2O.CH2O/c1-8-3-10-5-9(2)12(14(15)17)7-13(16)11(4-8)6-10;3-1-2(4)5;1-2/h3-4,6-7,9H,5H2,1-2H3,(H2,15,17);1,3H2,(H2,4,5);1H2/b12-7+;;. The van der Waals surface area contributed by atoms with E-state index in [4.69, 9.17) is 16.3 Å². The van der Waals surface area contributed by atoms with Gasteiger partial charge in [0.25, 0.3) is 0 Å². The number of hydrogen-bond donors (Lipinski definition) is 3. The predicted molar refractivity (Wildman–Crippen MR) is 91.0 cm³/mol. The van der Waals surface area contributed by atoms with Gasteiger partial charge in [-0.3, -0.25) is 14.4 Å². The monoisotopic (exact) mass is 333 g/mol. The SMILES string of the molecule is C=O.Cc1cc2cc(c1)C(=O)/C=C(/C(N)=O)C(C)C2.NCC(N)=O. The highest BCUT2D eigenvalue weighted by Gasteiger charge is 2.20. The van der Waals surface area contributed by atoms with E-state index in [1.165, 1.54) is 6.08 Å². The molecule has 7 heteroatoms. The van der Waals surface area contributed by atoms with Crippen molar-refractivity contribution in [2.24, 2.45) is 23.1 Å². The molecule has 2 amide bonds. The van der Waals surface area contributed by atoms with E-state index in [0.717, 1.165) is 17.5 Å². The van der Waals surface area contributed by atoms with Gasteiger partial charge < -0.3 is 22.0 Å². The first kappa shape index (κ1) is 21.2. The lowest BCUT2D eigenvalue weighted by Crippen LogP contribution is -2.23. The number of allylic oxidation sites excluding steroid dienone is 1. The third-order valence-electron chi connectivity index (χ3n) is 3.27. The third kappa shape index (κ3) is 6.53. The number of fused-ring (bicyclic) bond motifs is 2. The summed E-state index contributed by atoms with van der Waals surface area (Å²) in [6.07, 6.45) is 2.11. The third-order valence-corrected chi connectivity index (χ3v) is 3.27. The molecule has 0 saturated heterocycles. The molecular formula is C17H23N3O4. The van der Waals surface area contributed by atoms with E-state index in [0.29, 0.717) is 11.1 Å². The maximum Gasteiger partial charge on any atom is 0.245 e. The first-order valence-electron chi connectivity index (χ1n) is 7.18. The zero-order valence-electron chi connectivity index (χ0n) is 13.9. The summed E-state index contributed by atoms with van der Waals surface area (Å²) in [6, 6.07) is 5.76. The molecule has 0 radical (unpaired) electrons. The summed E-state index contributed by atoms with van der Waals surface area (Å²) >= 11 is 0. The van der Waals surface area contributed by atoms with Gasteiger partial charge in [0.15, 0.2) is 5.78 Å². The Balaban J connectivity index is 0.000000650. The van der Waals surface area contributed by atoms with Crippen molar-refractivity contribution >= 4 is 24.4 Å². The van der Waals surface area contributed by atoms with Crippen molar-refractivity contribution < 1.29 is 19.2 Å². The fraction of sp³-hybridized carbons (Fsp3) is 0.294. The summed E-state index contributed by atoms with van der Waals surface area (Å²) in [4.78, 5) is 40.7. The minimum atomic E-state index is -0.507. The molecule has 7 nitrogen and oxygen atoms in total. The van der Waals surface area contributed by atoms with Crippen molar-refractivity contribution in [2.75, 3.05) is 6.54 Å². The fourth-order valence-electron chi connectivity index (χ4n) is 2.27. The number of aryl methyl sites for hydroxylation is 1. The van der Waals surface area contributed by atoms with Gasteiger partial charge in [0.1, 0.15) is 6.79 Å². The van der Waals surface area contributed by atoms with Crippen molar-refractivity contribution in [1.29, 1.82) is 0 Å². The number of carbonyl (C=O) groups is 4. The smallest absolute Gasteiger partial charge is 0.245 e. The van der Waals surface area contributed by atoms with Crippen LogP contribution in [-0.2, 0) is 20.8 Å². The van der Waals surface area contributed by atoms with Gasteiger partial charge in [-0.1, -0.05) is 18.6 Å². The van der Waals surface area contributed by atoms with Gasteiger partial charge in [-0.15, -0.1) is 0 Å². The van der Waals surface area contributed by atoms with Crippen molar-refractivity contribution in [1.82, 2.24) is 0 Å². The van der Waals surface area contributed by atoms with Crippen LogP contribution < -0.4 is 17.2 Å². The molecule has 130 valence electrons. The van der Waals surface area contributed by atoms with E-state index in [1.54, 1.807) is 0 Å². The number of nitrogens with two attached hydrogens (primary N) is 3. The Morgan fingerprint density at radius 3 is 2.21 bits per heavy atom. The molecule has 2 rings (SSSR count). The molecule has 0 fully saturated rings. The average molecular weight is 333 g/mol. The van der Waals surface area contributed by atoms with Crippen molar-refractivity contribution in [2.45, 2.75) is 20.3 Å². The first-order valence-corrected chi connectivity index (χ1v) is 7.18. The number of carbonyl (C=O) groups excluding carboxylic acids is 4. The van der Waals surface area contributed by atoms with Crippen molar-refractivity contribution in [3.8, 4) is 0 Å². The molecule has 0 heterocycles. The van der Waals surface area contributed by atoms with Crippen LogP contribution in [0.2, 0.25) is 0 Å². The van der Waals surface area contributed by atoms with E-state index in [9.17, 15) is 14.4 Å². The molecule has 1 aromatic carbocycles. The Morgan fingerprint density at radius 2 is 1.75 bits per heavy atom. The average Bonchev–Trinajstić information content (AvgIpc) is 2.52. The van der Waals surface area contributed by atoms with Gasteiger partial charge in [-0.05, 0) is 43.0 Å². The van der Waals surface area contributed by atoms with Gasteiger partial charge >= 0.3 is 0 Å². The molecule has 0 spiro atoms. The van der Waals surface area contributed by atoms with Crippen LogP contribution in [0.25, 0.3) is 0 Å². The molecule has 24 heavy (non-hydrogen) atoms. The molecule has 1 aromatic rings. The largest absolute Gasteiger partial charge is 0.369 e. The second-order valence-electron chi connectivity index (χ2n) is 5.31. The van der Waals surface area contributed by atoms with Crippen LogP contribution in [0.15, 0.2) is 29.8 Å². The number of hydrogen-bond acceptors (Lipinski definition) is 5. The molecule has 0 aliphatic heterocycles. The number of amides is 2. The van der Waals surface area contributed by atoms with Crippen LogP contribution in [-0.4, -0.2) is 30.9 Å². The lowest BCUT2D eigenvalue weighted by Gasteiger charge is -2.17. The highest BCUT2D eigenvalue weighted by Crippen LogP contribution is 2.23. The van der Waals surface area contributed by atoms with E-state index in [-0.39, 0.29) is 18.2 Å². The van der Waals surface area contributed by atoms with E-state index < -0.39 is 11.8 Å². The molecule has 0 aromatic heterocycles. The van der Waals surface area contributed by atoms with Crippen LogP contribution in [0.3, 0.4) is 0 Å². The molecule has 1 atom stereocenters. The number of ketones is 1. The molecule has 2 bridgehead atoms. The molecule has 6 N–H and O–H groups in total. The number of rotatable bonds is 2. The lowest BCUT2D eigenvalue weighted by atomic mass is 9.87. The number of primary amides is 2. The van der Waals surface area contributed by atoms with Crippen LogP contribution in [0.4, 0.5) is 0 Å². The zero-order chi connectivity index (χ0) is 18.9. The summed E-state index contributed by atoms with van der Waals surface area (Å²) in [6.45, 7) is 5.82. The Morgan fingerprint density at radius 1 is 1.21 bits per heavy atom. The molecule has 1 unspecified atom stereocenters. The first-order chi connectivity index (χ1) is 11.2. The second kappa shape index (κ2) is 10.1. The van der Waals surface area contributed by atoms with Crippen LogP contribution in [0.5, 0.6) is 0 Å². The normalized spacial score (nSPS) is 17.5. The van der Waals surface area contributed by atoms with Gasteiger partial charge in [-0.2, -0.15) is 0 Å². The van der Waals surface area contributed by atoms with Crippen LogP contribution >= 0.6 is 0 Å². The summed E-state index contributed by atoms with van der Waals surface area (Å²) in [7, 11) is 0. The quantitative estimate of drug-likeness (QED) is 0.698.